The SMILES string of the molecule is C1CC1.Cc1cc[n+]([O-])cc1-c1ccc2cc(NC(=O)O)ncc2c1. The zero-order chi connectivity index (χ0) is 17.8. The number of aromatic nitrogens is 2. The highest BCUT2D eigenvalue weighted by Crippen LogP contribution is 2.26. The Bertz CT molecular complexity index is 920. The highest BCUT2D eigenvalue weighted by molar-refractivity contribution is 5.91. The van der Waals surface area contributed by atoms with E-state index in [1.54, 1.807) is 18.3 Å². The Labute approximate surface area is 145 Å². The first-order valence-corrected chi connectivity index (χ1v) is 8.12. The van der Waals surface area contributed by atoms with Gasteiger partial charge in [-0.05, 0) is 35.6 Å². The van der Waals surface area contributed by atoms with Gasteiger partial charge in [0.05, 0.1) is 0 Å². The highest BCUT2D eigenvalue weighted by Gasteiger charge is 2.08. The summed E-state index contributed by atoms with van der Waals surface area (Å²) >= 11 is 0. The standard InChI is InChI=1S/C16H13N3O3.C3H6/c1-10-4-5-19(22)9-14(10)12-3-2-11-7-15(18-16(20)21)17-8-13(11)6-12;1-2-3-1/h2-9H,1H3,(H,17,18)(H,20,21);1-3H2. The van der Waals surface area contributed by atoms with Crippen molar-refractivity contribution in [1.29, 1.82) is 0 Å². The third kappa shape index (κ3) is 4.44. The van der Waals surface area contributed by atoms with Crippen molar-refractivity contribution in [2.24, 2.45) is 0 Å². The van der Waals surface area contributed by atoms with Crippen LogP contribution in [0.4, 0.5) is 10.6 Å². The summed E-state index contributed by atoms with van der Waals surface area (Å²) < 4.78 is 0.769. The summed E-state index contributed by atoms with van der Waals surface area (Å²) in [5.74, 6) is 0.279. The number of aryl methyl sites for hydroxylation is 1. The number of hydrogen-bond donors (Lipinski definition) is 2. The molecule has 25 heavy (non-hydrogen) atoms. The Morgan fingerprint density at radius 2 is 1.96 bits per heavy atom. The zero-order valence-electron chi connectivity index (χ0n) is 13.9. The first kappa shape index (κ1) is 16.7. The fourth-order valence-corrected chi connectivity index (χ4v) is 2.34. The van der Waals surface area contributed by atoms with Gasteiger partial charge in [-0.1, -0.05) is 31.4 Å². The number of rotatable bonds is 2. The second-order valence-corrected chi connectivity index (χ2v) is 6.02. The molecule has 2 N–H and O–H groups in total. The van der Waals surface area contributed by atoms with E-state index in [0.717, 1.165) is 32.2 Å². The van der Waals surface area contributed by atoms with Crippen LogP contribution in [0.25, 0.3) is 21.9 Å². The molecular weight excluding hydrogens is 318 g/mol. The minimum Gasteiger partial charge on any atom is -0.619 e. The minimum atomic E-state index is -1.15. The maximum absolute atomic E-state index is 11.5. The van der Waals surface area contributed by atoms with E-state index < -0.39 is 6.09 Å². The van der Waals surface area contributed by atoms with E-state index in [1.807, 2.05) is 25.1 Å². The molecule has 6 heteroatoms. The number of carbonyl (C=O) groups is 1. The first-order chi connectivity index (χ1) is 12.0. The number of amides is 1. The molecule has 0 aliphatic heterocycles. The average molecular weight is 337 g/mol. The number of anilines is 1. The molecule has 1 amide bonds. The summed E-state index contributed by atoms with van der Waals surface area (Å²) in [4.78, 5) is 14.7. The normalized spacial score (nSPS) is 12.2. The minimum absolute atomic E-state index is 0.279. The van der Waals surface area contributed by atoms with Crippen molar-refractivity contribution in [3.8, 4) is 11.1 Å². The van der Waals surface area contributed by atoms with Crippen LogP contribution in [0.3, 0.4) is 0 Å². The van der Waals surface area contributed by atoms with Crippen LogP contribution in [0.2, 0.25) is 0 Å². The van der Waals surface area contributed by atoms with E-state index in [2.05, 4.69) is 10.3 Å². The smallest absolute Gasteiger partial charge is 0.410 e. The van der Waals surface area contributed by atoms with Crippen molar-refractivity contribution < 1.29 is 14.6 Å². The summed E-state index contributed by atoms with van der Waals surface area (Å²) in [5.41, 5.74) is 2.77. The fourth-order valence-electron chi connectivity index (χ4n) is 2.34. The number of benzene rings is 1. The Morgan fingerprint density at radius 1 is 1.20 bits per heavy atom. The molecule has 2 heterocycles. The lowest BCUT2D eigenvalue weighted by molar-refractivity contribution is -0.604. The molecule has 1 aromatic carbocycles. The lowest BCUT2D eigenvalue weighted by Crippen LogP contribution is -2.24. The van der Waals surface area contributed by atoms with Crippen LogP contribution in [0.1, 0.15) is 24.8 Å². The summed E-state index contributed by atoms with van der Waals surface area (Å²) in [6.45, 7) is 1.94. The number of pyridine rings is 2. The summed E-state index contributed by atoms with van der Waals surface area (Å²) in [6, 6.07) is 9.13. The van der Waals surface area contributed by atoms with Gasteiger partial charge in [-0.2, -0.15) is 4.73 Å². The van der Waals surface area contributed by atoms with Gasteiger partial charge >= 0.3 is 6.09 Å². The monoisotopic (exact) mass is 337 g/mol. The molecule has 3 aromatic rings. The van der Waals surface area contributed by atoms with E-state index in [-0.39, 0.29) is 5.82 Å². The molecule has 0 atom stereocenters. The largest absolute Gasteiger partial charge is 0.619 e. The summed E-state index contributed by atoms with van der Waals surface area (Å²) in [7, 11) is 0. The third-order valence-electron chi connectivity index (χ3n) is 3.77. The predicted octanol–water partition coefficient (Wildman–Crippen LogP) is 4.10. The van der Waals surface area contributed by atoms with Crippen LogP contribution < -0.4 is 10.0 Å². The van der Waals surface area contributed by atoms with E-state index in [0.29, 0.717) is 0 Å². The zero-order valence-corrected chi connectivity index (χ0v) is 13.9. The second-order valence-electron chi connectivity index (χ2n) is 6.02. The first-order valence-electron chi connectivity index (χ1n) is 8.12. The van der Waals surface area contributed by atoms with E-state index in [1.165, 1.54) is 31.7 Å². The van der Waals surface area contributed by atoms with Gasteiger partial charge in [0.25, 0.3) is 0 Å². The van der Waals surface area contributed by atoms with Crippen LogP contribution in [-0.4, -0.2) is 16.2 Å². The quantitative estimate of drug-likeness (QED) is 0.544. The van der Waals surface area contributed by atoms with Gasteiger partial charge in [-0.3, -0.25) is 5.32 Å². The molecule has 6 nitrogen and oxygen atoms in total. The van der Waals surface area contributed by atoms with Gasteiger partial charge in [-0.25, -0.2) is 9.78 Å². The van der Waals surface area contributed by atoms with E-state index in [4.69, 9.17) is 5.11 Å². The lowest BCUT2D eigenvalue weighted by atomic mass is 10.0. The molecular formula is C19H19N3O3. The molecule has 0 radical (unpaired) electrons. The molecule has 1 aliphatic rings. The second kappa shape index (κ2) is 7.17. The molecule has 1 fully saturated rings. The Morgan fingerprint density at radius 3 is 2.64 bits per heavy atom. The van der Waals surface area contributed by atoms with Gasteiger partial charge in [0, 0.05) is 23.2 Å². The van der Waals surface area contributed by atoms with Gasteiger partial charge in [0.1, 0.15) is 5.82 Å². The van der Waals surface area contributed by atoms with Crippen LogP contribution in [0.15, 0.2) is 48.9 Å². The van der Waals surface area contributed by atoms with E-state index >= 15 is 0 Å². The molecule has 0 bridgehead atoms. The third-order valence-corrected chi connectivity index (χ3v) is 3.77. The highest BCUT2D eigenvalue weighted by atomic mass is 16.5. The Hall–Kier alpha value is -3.15. The van der Waals surface area contributed by atoms with Crippen molar-refractivity contribution in [2.45, 2.75) is 26.2 Å². The summed E-state index contributed by atoms with van der Waals surface area (Å²) in [6.07, 6.45) is 7.95. The maximum Gasteiger partial charge on any atom is 0.410 e. The number of nitrogens with zero attached hydrogens (tertiary/aromatic N) is 2. The van der Waals surface area contributed by atoms with Crippen LogP contribution in [0.5, 0.6) is 0 Å². The van der Waals surface area contributed by atoms with Crippen LogP contribution in [0, 0.1) is 12.1 Å². The lowest BCUT2D eigenvalue weighted by Gasteiger charge is -2.08. The Kier molecular flexibility index (Phi) is 4.79. The Balaban J connectivity index is 0.000000549. The summed E-state index contributed by atoms with van der Waals surface area (Å²) in [5, 5.41) is 24.1. The molecule has 0 spiro atoms. The number of carboxylic acid groups (broad SMARTS) is 1. The molecule has 128 valence electrons. The molecule has 4 rings (SSSR count). The van der Waals surface area contributed by atoms with E-state index in [9.17, 15) is 10.0 Å². The van der Waals surface area contributed by atoms with Crippen LogP contribution in [-0.2, 0) is 0 Å². The van der Waals surface area contributed by atoms with Crippen LogP contribution >= 0.6 is 0 Å². The molecule has 1 saturated carbocycles. The number of hydrogen-bond acceptors (Lipinski definition) is 3. The van der Waals surface area contributed by atoms with Gasteiger partial charge in [-0.15, -0.1) is 0 Å². The number of nitrogens with one attached hydrogen (secondary N) is 1. The molecule has 2 aromatic heterocycles. The van der Waals surface area contributed by atoms with Crippen molar-refractivity contribution in [1.82, 2.24) is 4.98 Å². The molecule has 0 unspecified atom stereocenters. The van der Waals surface area contributed by atoms with Crippen molar-refractivity contribution >= 4 is 22.7 Å². The fraction of sp³-hybridized carbons (Fsp3) is 0.211. The van der Waals surface area contributed by atoms with Gasteiger partial charge < -0.3 is 10.3 Å². The van der Waals surface area contributed by atoms with Gasteiger partial charge in [0.2, 0.25) is 0 Å². The van der Waals surface area contributed by atoms with Crippen molar-refractivity contribution in [2.75, 3.05) is 5.32 Å². The topological polar surface area (TPSA) is 89.2 Å². The van der Waals surface area contributed by atoms with Crippen molar-refractivity contribution in [3.05, 3.63) is 59.7 Å². The van der Waals surface area contributed by atoms with Crippen molar-refractivity contribution in [3.63, 3.8) is 0 Å². The maximum atomic E-state index is 11.5. The van der Waals surface area contributed by atoms with Gasteiger partial charge in [0.15, 0.2) is 12.4 Å². The predicted molar refractivity (Wildman–Crippen MR) is 96.4 cm³/mol. The molecule has 0 saturated heterocycles. The number of fused-ring (bicyclic) bond motifs is 1. The molecule has 1 aliphatic carbocycles. The average Bonchev–Trinajstić information content (AvgIpc) is 3.45.